The monoisotopic (exact) mass is 303 g/mol. The van der Waals surface area contributed by atoms with Crippen molar-refractivity contribution in [2.75, 3.05) is 11.4 Å². The Kier molecular flexibility index (Phi) is 5.63. The molecule has 0 fully saturated rings. The molecule has 0 aliphatic rings. The van der Waals surface area contributed by atoms with Crippen molar-refractivity contribution in [3.63, 3.8) is 0 Å². The van der Waals surface area contributed by atoms with Crippen molar-refractivity contribution in [2.45, 2.75) is 39.1 Å². The largest absolute Gasteiger partial charge is 0.369 e. The molecule has 0 N–H and O–H groups in total. The van der Waals surface area contributed by atoms with Crippen molar-refractivity contribution in [3.8, 4) is 0 Å². The Labute approximate surface area is 112 Å². The van der Waals surface area contributed by atoms with E-state index >= 15 is 0 Å². The van der Waals surface area contributed by atoms with E-state index < -0.39 is 0 Å². The second-order valence-electron chi connectivity index (χ2n) is 4.19. The predicted molar refractivity (Wildman–Crippen MR) is 76.5 cm³/mol. The number of alkyl halides is 1. The van der Waals surface area contributed by atoms with Gasteiger partial charge < -0.3 is 4.90 Å². The summed E-state index contributed by atoms with van der Waals surface area (Å²) < 4.78 is 1.09. The van der Waals surface area contributed by atoms with Gasteiger partial charge in [-0.15, -0.1) is 11.6 Å². The highest BCUT2D eigenvalue weighted by Gasteiger charge is 2.13. The number of rotatable bonds is 5. The highest BCUT2D eigenvalue weighted by atomic mass is 79.9. The Hall–Kier alpha value is -0.210. The first kappa shape index (κ1) is 13.9. The smallest absolute Gasteiger partial charge is 0.0494 e. The molecule has 1 nitrogen and oxygen atoms in total. The number of halogens is 2. The van der Waals surface area contributed by atoms with Crippen molar-refractivity contribution < 1.29 is 0 Å². The first-order valence-corrected chi connectivity index (χ1v) is 7.04. The maximum atomic E-state index is 6.01. The molecule has 3 heteroatoms. The number of benzene rings is 1. The van der Waals surface area contributed by atoms with Crippen LogP contribution in [0.15, 0.2) is 22.7 Å². The van der Waals surface area contributed by atoms with Gasteiger partial charge in [0.1, 0.15) is 0 Å². The summed E-state index contributed by atoms with van der Waals surface area (Å²) in [4.78, 5) is 2.41. The molecule has 0 aliphatic heterocycles. The molecule has 0 aliphatic carbocycles. The summed E-state index contributed by atoms with van der Waals surface area (Å²) in [5.74, 6) is 0.557. The van der Waals surface area contributed by atoms with Gasteiger partial charge in [0.2, 0.25) is 0 Å². The number of hydrogen-bond acceptors (Lipinski definition) is 1. The van der Waals surface area contributed by atoms with Crippen LogP contribution in [0.25, 0.3) is 0 Å². The molecule has 16 heavy (non-hydrogen) atoms. The highest BCUT2D eigenvalue weighted by molar-refractivity contribution is 9.10. The molecular weight excluding hydrogens is 286 g/mol. The Morgan fingerprint density at radius 3 is 2.56 bits per heavy atom. The van der Waals surface area contributed by atoms with Gasteiger partial charge in [-0.05, 0) is 44.0 Å². The summed E-state index contributed by atoms with van der Waals surface area (Å²) >= 11 is 9.49. The Morgan fingerprint density at radius 2 is 2.06 bits per heavy atom. The van der Waals surface area contributed by atoms with Crippen molar-refractivity contribution >= 4 is 33.2 Å². The first-order chi connectivity index (χ1) is 7.60. The van der Waals surface area contributed by atoms with Crippen LogP contribution in [0.2, 0.25) is 0 Å². The maximum absolute atomic E-state index is 6.01. The van der Waals surface area contributed by atoms with Crippen molar-refractivity contribution in [2.24, 2.45) is 0 Å². The van der Waals surface area contributed by atoms with Gasteiger partial charge in [-0.3, -0.25) is 0 Å². The molecule has 0 unspecified atom stereocenters. The molecule has 1 aromatic rings. The SMILES string of the molecule is CCCN(c1ccc(Br)cc1CCl)C(C)C. The molecule has 1 aromatic carbocycles. The van der Waals surface area contributed by atoms with Crippen molar-refractivity contribution in [1.82, 2.24) is 0 Å². The average Bonchev–Trinajstić information content (AvgIpc) is 2.26. The van der Waals surface area contributed by atoms with Gasteiger partial charge in [-0.25, -0.2) is 0 Å². The maximum Gasteiger partial charge on any atom is 0.0494 e. The Bertz CT molecular complexity index is 339. The summed E-state index contributed by atoms with van der Waals surface area (Å²) in [5.41, 5.74) is 2.45. The lowest BCUT2D eigenvalue weighted by atomic mass is 10.1. The third kappa shape index (κ3) is 3.39. The molecule has 0 bridgehead atoms. The van der Waals surface area contributed by atoms with Gasteiger partial charge >= 0.3 is 0 Å². The fraction of sp³-hybridized carbons (Fsp3) is 0.538. The minimum Gasteiger partial charge on any atom is -0.369 e. The number of hydrogen-bond donors (Lipinski definition) is 0. The molecule has 0 saturated heterocycles. The topological polar surface area (TPSA) is 3.24 Å². The third-order valence-corrected chi connectivity index (χ3v) is 3.36. The molecular formula is C13H19BrClN. The van der Waals surface area contributed by atoms with E-state index in [1.165, 1.54) is 11.3 Å². The molecule has 1 rings (SSSR count). The minimum absolute atomic E-state index is 0.503. The van der Waals surface area contributed by atoms with E-state index in [1.807, 2.05) is 0 Å². The van der Waals surface area contributed by atoms with Crippen LogP contribution in [0.3, 0.4) is 0 Å². The van der Waals surface area contributed by atoms with Crippen LogP contribution in [0, 0.1) is 0 Å². The summed E-state index contributed by atoms with van der Waals surface area (Å²) in [6.07, 6.45) is 1.15. The molecule has 0 saturated carbocycles. The van der Waals surface area contributed by atoms with Crippen LogP contribution in [0.4, 0.5) is 5.69 Å². The molecule has 90 valence electrons. The van der Waals surface area contributed by atoms with Crippen LogP contribution in [0.5, 0.6) is 0 Å². The lowest BCUT2D eigenvalue weighted by Crippen LogP contribution is -2.32. The standard InChI is InChI=1S/C13H19BrClN/c1-4-7-16(10(2)3)13-6-5-12(14)8-11(13)9-15/h5-6,8,10H,4,7,9H2,1-3H3. The van der Waals surface area contributed by atoms with Crippen molar-refractivity contribution in [1.29, 1.82) is 0 Å². The second kappa shape index (κ2) is 6.51. The predicted octanol–water partition coefficient (Wildman–Crippen LogP) is 4.81. The van der Waals surface area contributed by atoms with Gasteiger partial charge in [0, 0.05) is 28.6 Å². The van der Waals surface area contributed by atoms with Crippen LogP contribution in [0.1, 0.15) is 32.8 Å². The molecule has 0 heterocycles. The molecule has 0 amide bonds. The Morgan fingerprint density at radius 1 is 1.38 bits per heavy atom. The quantitative estimate of drug-likeness (QED) is 0.705. The van der Waals surface area contributed by atoms with Crippen LogP contribution >= 0.6 is 27.5 Å². The molecule has 0 radical (unpaired) electrons. The molecule has 0 aromatic heterocycles. The fourth-order valence-corrected chi connectivity index (χ4v) is 2.46. The van der Waals surface area contributed by atoms with E-state index in [0.717, 1.165) is 17.4 Å². The fourth-order valence-electron chi connectivity index (χ4n) is 1.84. The third-order valence-electron chi connectivity index (χ3n) is 2.58. The van der Waals surface area contributed by atoms with Gasteiger partial charge in [-0.1, -0.05) is 22.9 Å². The Balaban J connectivity index is 3.07. The zero-order chi connectivity index (χ0) is 12.1. The minimum atomic E-state index is 0.503. The van der Waals surface area contributed by atoms with E-state index in [0.29, 0.717) is 11.9 Å². The lowest BCUT2D eigenvalue weighted by Gasteiger charge is -2.30. The number of anilines is 1. The zero-order valence-electron chi connectivity index (χ0n) is 10.1. The van der Waals surface area contributed by atoms with Gasteiger partial charge in [-0.2, -0.15) is 0 Å². The van der Waals surface area contributed by atoms with Crippen molar-refractivity contribution in [3.05, 3.63) is 28.2 Å². The van der Waals surface area contributed by atoms with Gasteiger partial charge in [0.25, 0.3) is 0 Å². The molecule has 0 spiro atoms. The first-order valence-electron chi connectivity index (χ1n) is 5.71. The summed E-state index contributed by atoms with van der Waals surface area (Å²) in [6.45, 7) is 7.71. The van der Waals surface area contributed by atoms with Crippen LogP contribution in [-0.4, -0.2) is 12.6 Å². The summed E-state index contributed by atoms with van der Waals surface area (Å²) in [5, 5.41) is 0. The van der Waals surface area contributed by atoms with Crippen LogP contribution < -0.4 is 4.90 Å². The van der Waals surface area contributed by atoms with E-state index in [4.69, 9.17) is 11.6 Å². The van der Waals surface area contributed by atoms with E-state index in [-0.39, 0.29) is 0 Å². The van der Waals surface area contributed by atoms with E-state index in [9.17, 15) is 0 Å². The zero-order valence-corrected chi connectivity index (χ0v) is 12.5. The van der Waals surface area contributed by atoms with E-state index in [1.54, 1.807) is 0 Å². The average molecular weight is 305 g/mol. The van der Waals surface area contributed by atoms with E-state index in [2.05, 4.69) is 59.8 Å². The second-order valence-corrected chi connectivity index (χ2v) is 5.38. The summed E-state index contributed by atoms with van der Waals surface area (Å²) in [6, 6.07) is 6.84. The van der Waals surface area contributed by atoms with Gasteiger partial charge in [0.15, 0.2) is 0 Å². The van der Waals surface area contributed by atoms with Gasteiger partial charge in [0.05, 0.1) is 0 Å². The molecule has 0 atom stereocenters. The highest BCUT2D eigenvalue weighted by Crippen LogP contribution is 2.27. The normalized spacial score (nSPS) is 10.9. The van der Waals surface area contributed by atoms with Crippen LogP contribution in [-0.2, 0) is 5.88 Å². The summed E-state index contributed by atoms with van der Waals surface area (Å²) in [7, 11) is 0. The lowest BCUT2D eigenvalue weighted by molar-refractivity contribution is 0.669. The number of nitrogens with zero attached hydrogens (tertiary/aromatic N) is 1.